The number of rotatable bonds is 4. The van der Waals surface area contributed by atoms with Crippen molar-refractivity contribution < 1.29 is 17.9 Å². The minimum absolute atomic E-state index is 0.0687. The highest BCUT2D eigenvalue weighted by atomic mass is 19.4. The number of aryl methyl sites for hydroxylation is 1. The number of nitrogens with one attached hydrogen (secondary N) is 1. The number of aromatic amines is 1. The Labute approximate surface area is 173 Å². The fourth-order valence-electron chi connectivity index (χ4n) is 4.16. The molecular weight excluding hydrogens is 393 g/mol. The molecule has 1 unspecified atom stereocenters. The van der Waals surface area contributed by atoms with Crippen molar-refractivity contribution in [3.63, 3.8) is 0 Å². The van der Waals surface area contributed by atoms with Crippen LogP contribution in [0.4, 0.5) is 13.2 Å². The monoisotopic (exact) mass is 416 g/mol. The summed E-state index contributed by atoms with van der Waals surface area (Å²) >= 11 is 0. The first kappa shape index (κ1) is 21.5. The van der Waals surface area contributed by atoms with Crippen molar-refractivity contribution in [1.82, 2.24) is 10.2 Å². The van der Waals surface area contributed by atoms with Gasteiger partial charge in [0.25, 0.3) is 0 Å². The normalized spacial score (nSPS) is 19.2. The molecule has 0 radical (unpaired) electrons. The molecule has 0 spiro atoms. The molecule has 1 aliphatic heterocycles. The summed E-state index contributed by atoms with van der Waals surface area (Å²) in [4.78, 5) is 0. The number of alkyl halides is 3. The molecule has 2 heterocycles. The van der Waals surface area contributed by atoms with Gasteiger partial charge >= 0.3 is 6.18 Å². The first-order valence-electron chi connectivity index (χ1n) is 9.60. The van der Waals surface area contributed by atoms with Crippen molar-refractivity contribution in [1.29, 1.82) is 5.26 Å². The topological polar surface area (TPSA) is 87.7 Å². The maximum absolute atomic E-state index is 13.8. The number of allylic oxidation sites excluding steroid dienone is 2. The second-order valence-corrected chi connectivity index (χ2v) is 7.60. The Bertz CT molecular complexity index is 1070. The highest BCUT2D eigenvalue weighted by Crippen LogP contribution is 2.53. The van der Waals surface area contributed by atoms with Crippen LogP contribution in [0.25, 0.3) is 6.08 Å². The number of H-pyrrole nitrogens is 1. The SMILES string of the molecule is CC/C=C/c1cc(C(F)(F)F)cc(C2(C(C)C)C(C#N)=C(N)Oc3n[nH]c(C)c32)c1. The second-order valence-electron chi connectivity index (χ2n) is 7.60. The number of fused-ring (bicyclic) bond motifs is 1. The van der Waals surface area contributed by atoms with E-state index in [0.717, 1.165) is 12.1 Å². The third kappa shape index (κ3) is 3.24. The zero-order chi connectivity index (χ0) is 22.3. The molecule has 1 atom stereocenters. The standard InChI is InChI=1S/C22H23F3N4O/c1-5-6-7-14-8-15(10-16(9-14)22(23,24)25)21(12(2)3)17(11-26)19(27)30-20-18(21)13(4)28-29-20/h6-10,12H,5,27H2,1-4H3,(H,28,29)/b7-6+. The predicted molar refractivity (Wildman–Crippen MR) is 107 cm³/mol. The van der Waals surface area contributed by atoms with Crippen molar-refractivity contribution in [3.05, 3.63) is 63.7 Å². The van der Waals surface area contributed by atoms with E-state index in [1.165, 1.54) is 0 Å². The number of nitrogens with two attached hydrogens (primary N) is 1. The van der Waals surface area contributed by atoms with E-state index in [1.807, 2.05) is 20.8 Å². The molecule has 0 saturated carbocycles. The van der Waals surface area contributed by atoms with Crippen LogP contribution in [0, 0.1) is 24.2 Å². The number of hydrogen-bond donors (Lipinski definition) is 2. The lowest BCUT2D eigenvalue weighted by atomic mass is 9.61. The zero-order valence-corrected chi connectivity index (χ0v) is 17.2. The van der Waals surface area contributed by atoms with Gasteiger partial charge in [0.2, 0.25) is 11.8 Å². The van der Waals surface area contributed by atoms with Crippen LogP contribution in [0.2, 0.25) is 0 Å². The molecular formula is C22H23F3N4O. The molecule has 0 saturated heterocycles. The van der Waals surface area contributed by atoms with E-state index in [2.05, 4.69) is 16.3 Å². The van der Waals surface area contributed by atoms with Crippen LogP contribution in [0.1, 0.15) is 55.1 Å². The van der Waals surface area contributed by atoms with Gasteiger partial charge < -0.3 is 10.5 Å². The van der Waals surface area contributed by atoms with Crippen molar-refractivity contribution in [3.8, 4) is 11.9 Å². The molecule has 5 nitrogen and oxygen atoms in total. The summed E-state index contributed by atoms with van der Waals surface area (Å²) < 4.78 is 46.8. The lowest BCUT2D eigenvalue weighted by Crippen LogP contribution is -2.41. The summed E-state index contributed by atoms with van der Waals surface area (Å²) in [7, 11) is 0. The van der Waals surface area contributed by atoms with Gasteiger partial charge in [-0.2, -0.15) is 18.4 Å². The quantitative estimate of drug-likeness (QED) is 0.718. The van der Waals surface area contributed by atoms with Gasteiger partial charge in [-0.15, -0.1) is 5.10 Å². The minimum atomic E-state index is -4.55. The van der Waals surface area contributed by atoms with Gasteiger partial charge in [-0.05, 0) is 42.5 Å². The zero-order valence-electron chi connectivity index (χ0n) is 17.2. The third-order valence-electron chi connectivity index (χ3n) is 5.42. The smallest absolute Gasteiger partial charge is 0.416 e. The largest absolute Gasteiger partial charge is 0.420 e. The van der Waals surface area contributed by atoms with E-state index in [0.29, 0.717) is 28.8 Å². The molecule has 0 fully saturated rings. The second kappa shape index (κ2) is 7.56. The maximum Gasteiger partial charge on any atom is 0.416 e. The van der Waals surface area contributed by atoms with Gasteiger partial charge in [-0.25, -0.2) is 0 Å². The van der Waals surface area contributed by atoms with E-state index >= 15 is 0 Å². The lowest BCUT2D eigenvalue weighted by molar-refractivity contribution is -0.137. The fraction of sp³-hybridized carbons (Fsp3) is 0.364. The van der Waals surface area contributed by atoms with Crippen LogP contribution in [0.3, 0.4) is 0 Å². The lowest BCUT2D eigenvalue weighted by Gasteiger charge is -2.41. The Balaban J connectivity index is 2.47. The number of nitrogens with zero attached hydrogens (tertiary/aromatic N) is 2. The highest BCUT2D eigenvalue weighted by molar-refractivity contribution is 5.64. The molecule has 0 amide bonds. The predicted octanol–water partition coefficient (Wildman–Crippen LogP) is 5.19. The summed E-state index contributed by atoms with van der Waals surface area (Å²) in [5.41, 5.74) is 5.91. The summed E-state index contributed by atoms with van der Waals surface area (Å²) in [6, 6.07) is 5.96. The third-order valence-corrected chi connectivity index (χ3v) is 5.42. The van der Waals surface area contributed by atoms with E-state index < -0.39 is 17.2 Å². The first-order valence-corrected chi connectivity index (χ1v) is 9.60. The Kier molecular flexibility index (Phi) is 5.42. The van der Waals surface area contributed by atoms with E-state index in [1.54, 1.807) is 25.1 Å². The van der Waals surface area contributed by atoms with Crippen LogP contribution in [-0.2, 0) is 11.6 Å². The van der Waals surface area contributed by atoms with Crippen molar-refractivity contribution in [2.45, 2.75) is 45.7 Å². The van der Waals surface area contributed by atoms with E-state index in [4.69, 9.17) is 10.5 Å². The first-order chi connectivity index (χ1) is 14.1. The Morgan fingerprint density at radius 1 is 1.33 bits per heavy atom. The van der Waals surface area contributed by atoms with Crippen LogP contribution >= 0.6 is 0 Å². The van der Waals surface area contributed by atoms with Crippen molar-refractivity contribution in [2.75, 3.05) is 0 Å². The van der Waals surface area contributed by atoms with Gasteiger partial charge in [0.15, 0.2) is 0 Å². The van der Waals surface area contributed by atoms with Crippen LogP contribution < -0.4 is 10.5 Å². The van der Waals surface area contributed by atoms with Gasteiger partial charge in [0.05, 0.1) is 16.5 Å². The van der Waals surface area contributed by atoms with Crippen molar-refractivity contribution in [2.24, 2.45) is 11.7 Å². The Morgan fingerprint density at radius 2 is 2.03 bits per heavy atom. The number of halogens is 3. The van der Waals surface area contributed by atoms with Gasteiger partial charge in [0.1, 0.15) is 11.6 Å². The molecule has 8 heteroatoms. The van der Waals surface area contributed by atoms with Crippen LogP contribution in [0.15, 0.2) is 35.7 Å². The van der Waals surface area contributed by atoms with E-state index in [-0.39, 0.29) is 23.3 Å². The summed E-state index contributed by atoms with van der Waals surface area (Å²) in [6.07, 6.45) is -0.440. The molecule has 158 valence electrons. The molecule has 3 N–H and O–H groups in total. The van der Waals surface area contributed by atoms with Crippen LogP contribution in [0.5, 0.6) is 5.88 Å². The molecule has 0 bridgehead atoms. The average molecular weight is 416 g/mol. The Hall–Kier alpha value is -3.21. The summed E-state index contributed by atoms with van der Waals surface area (Å²) in [5.74, 6) is -0.315. The Morgan fingerprint density at radius 3 is 2.60 bits per heavy atom. The molecule has 3 rings (SSSR count). The number of hydrogen-bond acceptors (Lipinski definition) is 4. The molecule has 1 aromatic carbocycles. The average Bonchev–Trinajstić information content (AvgIpc) is 3.04. The molecule has 1 aliphatic rings. The molecule has 30 heavy (non-hydrogen) atoms. The molecule has 0 aliphatic carbocycles. The number of benzene rings is 1. The summed E-state index contributed by atoms with van der Waals surface area (Å²) in [6.45, 7) is 7.33. The van der Waals surface area contributed by atoms with Crippen LogP contribution in [-0.4, -0.2) is 10.2 Å². The van der Waals surface area contributed by atoms with E-state index in [9.17, 15) is 18.4 Å². The van der Waals surface area contributed by atoms with Gasteiger partial charge in [-0.1, -0.05) is 39.0 Å². The van der Waals surface area contributed by atoms with Gasteiger partial charge in [0, 0.05) is 5.69 Å². The maximum atomic E-state index is 13.8. The summed E-state index contributed by atoms with van der Waals surface area (Å²) in [5, 5.41) is 16.9. The minimum Gasteiger partial charge on any atom is -0.420 e. The molecule has 2 aromatic rings. The van der Waals surface area contributed by atoms with Crippen molar-refractivity contribution >= 4 is 6.08 Å². The van der Waals surface area contributed by atoms with Gasteiger partial charge in [-0.3, -0.25) is 5.10 Å². The molecule has 1 aromatic heterocycles. The fourth-order valence-corrected chi connectivity index (χ4v) is 4.16. The number of ether oxygens (including phenoxy) is 1. The highest BCUT2D eigenvalue weighted by Gasteiger charge is 2.51. The number of nitriles is 1. The number of aromatic nitrogens is 2.